The molecule has 26 heavy (non-hydrogen) atoms. The summed E-state index contributed by atoms with van der Waals surface area (Å²) in [6.45, 7) is 0.0128. The van der Waals surface area contributed by atoms with Crippen molar-refractivity contribution in [1.29, 1.82) is 0 Å². The summed E-state index contributed by atoms with van der Waals surface area (Å²) in [7, 11) is 4.81. The number of aromatic nitrogens is 2. The minimum Gasteiger partial charge on any atom is -0.358 e. The van der Waals surface area contributed by atoms with Crippen molar-refractivity contribution >= 4 is 45.1 Å². The third-order valence-electron chi connectivity index (χ3n) is 4.57. The van der Waals surface area contributed by atoms with E-state index >= 15 is 0 Å². The summed E-state index contributed by atoms with van der Waals surface area (Å²) in [5, 5.41) is 3.77. The number of thioether (sulfide) groups is 1. The summed E-state index contributed by atoms with van der Waals surface area (Å²) < 4.78 is 1.53. The summed E-state index contributed by atoms with van der Waals surface area (Å²) in [6.07, 6.45) is 4.24. The number of hydrogen-bond acceptors (Lipinski definition) is 6. The van der Waals surface area contributed by atoms with Crippen molar-refractivity contribution in [3.63, 3.8) is 0 Å². The predicted molar refractivity (Wildman–Crippen MR) is 104 cm³/mol. The first-order valence-corrected chi connectivity index (χ1v) is 10.3. The van der Waals surface area contributed by atoms with Gasteiger partial charge in [0, 0.05) is 26.0 Å². The number of amides is 2. The highest BCUT2D eigenvalue weighted by Gasteiger charge is 2.22. The van der Waals surface area contributed by atoms with Gasteiger partial charge in [-0.25, -0.2) is 4.98 Å². The molecule has 3 rings (SSSR count). The molecule has 0 spiro atoms. The van der Waals surface area contributed by atoms with E-state index in [1.807, 2.05) is 0 Å². The van der Waals surface area contributed by atoms with E-state index in [1.54, 1.807) is 25.4 Å². The van der Waals surface area contributed by atoms with Gasteiger partial charge in [-0.3, -0.25) is 19.0 Å². The fraction of sp³-hybridized carbons (Fsp3) is 0.529. The van der Waals surface area contributed by atoms with Crippen molar-refractivity contribution in [1.82, 2.24) is 19.8 Å². The molecule has 0 saturated carbocycles. The molecule has 0 aliphatic heterocycles. The first kappa shape index (κ1) is 18.9. The smallest absolute Gasteiger partial charge is 0.262 e. The molecule has 0 radical (unpaired) electrons. The molecule has 0 saturated heterocycles. The van der Waals surface area contributed by atoms with Gasteiger partial charge in [-0.2, -0.15) is 0 Å². The maximum Gasteiger partial charge on any atom is 0.262 e. The van der Waals surface area contributed by atoms with E-state index in [4.69, 9.17) is 0 Å². The number of thiophene rings is 1. The van der Waals surface area contributed by atoms with E-state index in [1.165, 1.54) is 38.7 Å². The highest BCUT2D eigenvalue weighted by Crippen LogP contribution is 2.34. The molecule has 2 heterocycles. The van der Waals surface area contributed by atoms with Crippen LogP contribution < -0.4 is 10.9 Å². The van der Waals surface area contributed by atoms with Gasteiger partial charge in [0.15, 0.2) is 5.16 Å². The zero-order valence-electron chi connectivity index (χ0n) is 15.1. The van der Waals surface area contributed by atoms with Crippen LogP contribution in [0.4, 0.5) is 0 Å². The third kappa shape index (κ3) is 3.64. The topological polar surface area (TPSA) is 84.3 Å². The lowest BCUT2D eigenvalue weighted by Gasteiger charge is -2.16. The molecule has 2 aromatic heterocycles. The number of aryl methyl sites for hydroxylation is 2. The molecule has 0 unspecified atom stereocenters. The molecule has 0 aromatic carbocycles. The van der Waals surface area contributed by atoms with Crippen LogP contribution in [0.1, 0.15) is 23.3 Å². The highest BCUT2D eigenvalue weighted by molar-refractivity contribution is 7.99. The number of nitrogens with zero attached hydrogens (tertiary/aromatic N) is 3. The maximum absolute atomic E-state index is 12.8. The largest absolute Gasteiger partial charge is 0.358 e. The molecule has 7 nitrogen and oxygen atoms in total. The second-order valence-electron chi connectivity index (χ2n) is 6.36. The third-order valence-corrected chi connectivity index (χ3v) is 6.77. The van der Waals surface area contributed by atoms with Crippen molar-refractivity contribution in [3.8, 4) is 0 Å². The number of hydrogen-bond donors (Lipinski definition) is 1. The second kappa shape index (κ2) is 7.79. The van der Waals surface area contributed by atoms with Crippen LogP contribution >= 0.6 is 23.1 Å². The zero-order chi connectivity index (χ0) is 18.8. The van der Waals surface area contributed by atoms with Crippen LogP contribution in [0.2, 0.25) is 0 Å². The molecular formula is C17H22N4O3S2. The van der Waals surface area contributed by atoms with Gasteiger partial charge in [-0.15, -0.1) is 11.3 Å². The number of nitrogens with one attached hydrogen (secondary N) is 1. The van der Waals surface area contributed by atoms with Crippen LogP contribution in [0.3, 0.4) is 0 Å². The van der Waals surface area contributed by atoms with Gasteiger partial charge in [0.2, 0.25) is 11.8 Å². The lowest BCUT2D eigenvalue weighted by molar-refractivity contribution is -0.132. The number of likely N-dealkylation sites (N-methyl/N-ethyl adjacent to an activating group) is 2. The molecule has 0 atom stereocenters. The maximum atomic E-state index is 12.8. The molecule has 1 aliphatic carbocycles. The van der Waals surface area contributed by atoms with E-state index in [0.717, 1.165) is 35.9 Å². The molecule has 1 N–H and O–H groups in total. The monoisotopic (exact) mass is 394 g/mol. The van der Waals surface area contributed by atoms with Gasteiger partial charge < -0.3 is 10.2 Å². The van der Waals surface area contributed by atoms with Gasteiger partial charge in [0.1, 0.15) is 4.83 Å². The Bertz CT molecular complexity index is 919. The molecule has 2 aromatic rings. The van der Waals surface area contributed by atoms with Crippen molar-refractivity contribution in [2.45, 2.75) is 30.8 Å². The zero-order valence-corrected chi connectivity index (χ0v) is 16.8. The Morgan fingerprint density at radius 2 is 2.08 bits per heavy atom. The van der Waals surface area contributed by atoms with E-state index in [2.05, 4.69) is 10.3 Å². The summed E-state index contributed by atoms with van der Waals surface area (Å²) in [5.41, 5.74) is 1.13. The standard InChI is InChI=1S/C17H22N4O3S2/c1-18-12(22)8-20(2)13(23)9-25-17-19-15-14(16(24)21(17)3)10-6-4-5-7-11(10)26-15/h4-9H2,1-3H3,(H,18,22). The predicted octanol–water partition coefficient (Wildman–Crippen LogP) is 1.17. The first-order chi connectivity index (χ1) is 12.4. The van der Waals surface area contributed by atoms with Crippen LogP contribution in [0.15, 0.2) is 9.95 Å². The quantitative estimate of drug-likeness (QED) is 0.608. The highest BCUT2D eigenvalue weighted by atomic mass is 32.2. The van der Waals surface area contributed by atoms with Gasteiger partial charge in [-0.05, 0) is 31.2 Å². The van der Waals surface area contributed by atoms with Crippen LogP contribution in [-0.4, -0.2) is 52.7 Å². The van der Waals surface area contributed by atoms with E-state index in [9.17, 15) is 14.4 Å². The summed E-state index contributed by atoms with van der Waals surface area (Å²) in [6, 6.07) is 0. The van der Waals surface area contributed by atoms with Gasteiger partial charge >= 0.3 is 0 Å². The fourth-order valence-electron chi connectivity index (χ4n) is 3.02. The van der Waals surface area contributed by atoms with Crippen molar-refractivity contribution < 1.29 is 9.59 Å². The number of carbonyl (C=O) groups excluding carboxylic acids is 2. The molecular weight excluding hydrogens is 372 g/mol. The molecule has 2 amide bonds. The van der Waals surface area contributed by atoms with E-state index in [-0.39, 0.29) is 29.7 Å². The minimum absolute atomic E-state index is 0.0128. The summed E-state index contributed by atoms with van der Waals surface area (Å²) in [4.78, 5) is 44.4. The van der Waals surface area contributed by atoms with Gasteiger partial charge in [0.05, 0.1) is 17.7 Å². The average Bonchev–Trinajstić information content (AvgIpc) is 3.01. The van der Waals surface area contributed by atoms with Crippen molar-refractivity contribution in [2.24, 2.45) is 7.05 Å². The van der Waals surface area contributed by atoms with Gasteiger partial charge in [0.25, 0.3) is 5.56 Å². The van der Waals surface area contributed by atoms with Crippen LogP contribution in [0, 0.1) is 0 Å². The Balaban J connectivity index is 1.80. The van der Waals surface area contributed by atoms with Crippen molar-refractivity contribution in [2.75, 3.05) is 26.4 Å². The minimum atomic E-state index is -0.220. The summed E-state index contributed by atoms with van der Waals surface area (Å²) >= 11 is 2.83. The molecule has 140 valence electrons. The summed E-state index contributed by atoms with van der Waals surface area (Å²) in [5.74, 6) is -0.273. The van der Waals surface area contributed by atoms with Crippen molar-refractivity contribution in [3.05, 3.63) is 20.8 Å². The van der Waals surface area contributed by atoms with E-state index < -0.39 is 0 Å². The Morgan fingerprint density at radius 3 is 2.81 bits per heavy atom. The molecule has 0 bridgehead atoms. The lowest BCUT2D eigenvalue weighted by atomic mass is 9.97. The SMILES string of the molecule is CNC(=O)CN(C)C(=O)CSc1nc2sc3c(c2c(=O)n1C)CCCC3. The van der Waals surface area contributed by atoms with Crippen LogP contribution in [-0.2, 0) is 29.5 Å². The second-order valence-corrected chi connectivity index (χ2v) is 8.39. The van der Waals surface area contributed by atoms with Crippen LogP contribution in [0.5, 0.6) is 0 Å². The normalized spacial score (nSPS) is 13.5. The molecule has 1 aliphatic rings. The molecule has 9 heteroatoms. The average molecular weight is 395 g/mol. The van der Waals surface area contributed by atoms with Gasteiger partial charge in [-0.1, -0.05) is 11.8 Å². The number of fused-ring (bicyclic) bond motifs is 3. The number of carbonyl (C=O) groups is 2. The van der Waals surface area contributed by atoms with Crippen LogP contribution in [0.25, 0.3) is 10.2 Å². The Kier molecular flexibility index (Phi) is 5.67. The lowest BCUT2D eigenvalue weighted by Crippen LogP contribution is -2.37. The van der Waals surface area contributed by atoms with E-state index in [0.29, 0.717) is 5.16 Å². The first-order valence-electron chi connectivity index (χ1n) is 8.51. The Morgan fingerprint density at radius 1 is 1.35 bits per heavy atom. The fourth-order valence-corrected chi connectivity index (χ4v) is 5.23. The number of rotatable bonds is 5. The Labute approximate surface area is 159 Å². The Hall–Kier alpha value is -1.87. The molecule has 0 fully saturated rings.